The molecule has 0 aromatic carbocycles. The van der Waals surface area contributed by atoms with Gasteiger partial charge >= 0.3 is 0 Å². The summed E-state index contributed by atoms with van der Waals surface area (Å²) in [5, 5.41) is 3.38. The Bertz CT molecular complexity index is 436. The van der Waals surface area contributed by atoms with Gasteiger partial charge in [-0.15, -0.1) is 11.3 Å². The highest BCUT2D eigenvalue weighted by molar-refractivity contribution is 9.11. The Morgan fingerprint density at radius 2 is 2.24 bits per heavy atom. The molecule has 2 heterocycles. The Hall–Kier alpha value is -0.190. The lowest BCUT2D eigenvalue weighted by molar-refractivity contribution is -0.120. The van der Waals surface area contributed by atoms with E-state index in [-0.39, 0.29) is 0 Å². The number of nitrogens with one attached hydrogen (secondary N) is 1. The number of hydrogen-bond acceptors (Lipinski definition) is 3. The van der Waals surface area contributed by atoms with Crippen molar-refractivity contribution < 1.29 is 4.79 Å². The first kappa shape index (κ1) is 11.9. The van der Waals surface area contributed by atoms with Crippen molar-refractivity contribution in [1.29, 1.82) is 0 Å². The summed E-state index contributed by atoms with van der Waals surface area (Å²) in [6.07, 6.45) is 4.16. The highest BCUT2D eigenvalue weighted by Gasteiger charge is 2.56. The van der Waals surface area contributed by atoms with E-state index in [1.165, 1.54) is 17.7 Å². The van der Waals surface area contributed by atoms with Gasteiger partial charge in [-0.05, 0) is 65.8 Å². The Labute approximate surface area is 114 Å². The molecule has 3 rings (SSSR count). The molecule has 17 heavy (non-hydrogen) atoms. The summed E-state index contributed by atoms with van der Waals surface area (Å²) in [7, 11) is 0. The molecule has 0 bridgehead atoms. The molecule has 1 unspecified atom stereocenters. The van der Waals surface area contributed by atoms with Gasteiger partial charge in [-0.2, -0.15) is 0 Å². The van der Waals surface area contributed by atoms with Crippen LogP contribution in [0.15, 0.2) is 15.9 Å². The molecule has 1 saturated heterocycles. The van der Waals surface area contributed by atoms with Crippen LogP contribution in [0.2, 0.25) is 0 Å². The lowest BCUT2D eigenvalue weighted by atomic mass is 9.90. The Balaban J connectivity index is 1.61. The molecule has 1 N–H and O–H groups in total. The van der Waals surface area contributed by atoms with Crippen LogP contribution in [-0.4, -0.2) is 18.9 Å². The zero-order chi connectivity index (χ0) is 11.9. The highest BCUT2D eigenvalue weighted by atomic mass is 79.9. The quantitative estimate of drug-likeness (QED) is 0.929. The van der Waals surface area contributed by atoms with E-state index in [9.17, 15) is 4.79 Å². The predicted molar refractivity (Wildman–Crippen MR) is 73.4 cm³/mol. The van der Waals surface area contributed by atoms with Crippen molar-refractivity contribution in [3.05, 3.63) is 20.8 Å². The largest absolute Gasteiger partial charge is 0.317 e. The number of hydrogen-bond donors (Lipinski definition) is 1. The number of carbonyl (C=O) groups is 1. The predicted octanol–water partition coefficient (Wildman–Crippen LogP) is 3.01. The molecular formula is C13H16BrNOS. The summed E-state index contributed by atoms with van der Waals surface area (Å²) < 4.78 is 1.12. The van der Waals surface area contributed by atoms with Gasteiger partial charge in [-0.1, -0.05) is 0 Å². The van der Waals surface area contributed by atoms with Gasteiger partial charge in [-0.25, -0.2) is 0 Å². The second-order valence-electron chi connectivity index (χ2n) is 5.22. The van der Waals surface area contributed by atoms with Crippen molar-refractivity contribution in [2.75, 3.05) is 13.1 Å². The second kappa shape index (κ2) is 4.48. The molecule has 4 heteroatoms. The van der Waals surface area contributed by atoms with Crippen molar-refractivity contribution in [2.45, 2.75) is 25.7 Å². The SMILES string of the molecule is O=C(Cc1ccc(Br)s1)C1CC12CCNCC2. The lowest BCUT2D eigenvalue weighted by Gasteiger charge is -2.23. The van der Waals surface area contributed by atoms with Crippen LogP contribution in [0.4, 0.5) is 0 Å². The maximum absolute atomic E-state index is 12.2. The molecule has 92 valence electrons. The van der Waals surface area contributed by atoms with Crippen LogP contribution in [0.5, 0.6) is 0 Å². The van der Waals surface area contributed by atoms with Gasteiger partial charge in [0.1, 0.15) is 5.78 Å². The molecule has 0 radical (unpaired) electrons. The van der Waals surface area contributed by atoms with E-state index < -0.39 is 0 Å². The molecule has 1 saturated carbocycles. The van der Waals surface area contributed by atoms with Crippen LogP contribution in [0, 0.1) is 11.3 Å². The molecule has 1 spiro atoms. The average Bonchev–Trinajstić information content (AvgIpc) is 2.85. The lowest BCUT2D eigenvalue weighted by Crippen LogP contribution is -2.30. The first-order chi connectivity index (χ1) is 8.20. The Kier molecular flexibility index (Phi) is 3.13. The summed E-state index contributed by atoms with van der Waals surface area (Å²) in [4.78, 5) is 13.4. The van der Waals surface area contributed by atoms with Gasteiger partial charge in [0, 0.05) is 17.2 Å². The fourth-order valence-electron chi connectivity index (χ4n) is 3.02. The zero-order valence-corrected chi connectivity index (χ0v) is 12.1. The second-order valence-corrected chi connectivity index (χ2v) is 7.77. The van der Waals surface area contributed by atoms with Gasteiger partial charge in [0.2, 0.25) is 0 Å². The minimum Gasteiger partial charge on any atom is -0.317 e. The number of Topliss-reactive ketones (excluding diaryl/α,β-unsaturated/α-hetero) is 1. The molecule has 2 aliphatic rings. The summed E-state index contributed by atoms with van der Waals surface area (Å²) in [5.74, 6) is 0.812. The molecule has 1 aromatic heterocycles. The van der Waals surface area contributed by atoms with Gasteiger partial charge in [-0.3, -0.25) is 4.79 Å². The standard InChI is InChI=1S/C13H16BrNOS/c14-12-2-1-9(17-12)7-11(16)10-8-13(10)3-5-15-6-4-13/h1-2,10,15H,3-8H2. The van der Waals surface area contributed by atoms with Crippen LogP contribution in [-0.2, 0) is 11.2 Å². The smallest absolute Gasteiger partial charge is 0.141 e. The third kappa shape index (κ3) is 2.35. The van der Waals surface area contributed by atoms with E-state index in [0.29, 0.717) is 23.5 Å². The number of rotatable bonds is 3. The van der Waals surface area contributed by atoms with E-state index in [4.69, 9.17) is 0 Å². The van der Waals surface area contributed by atoms with Crippen LogP contribution in [0.3, 0.4) is 0 Å². The van der Waals surface area contributed by atoms with Crippen molar-refractivity contribution >= 4 is 33.0 Å². The molecule has 1 aliphatic heterocycles. The van der Waals surface area contributed by atoms with E-state index in [1.54, 1.807) is 11.3 Å². The monoisotopic (exact) mass is 313 g/mol. The molecule has 1 aromatic rings. The number of halogens is 1. The first-order valence-electron chi connectivity index (χ1n) is 6.17. The number of thiophene rings is 1. The van der Waals surface area contributed by atoms with Crippen LogP contribution < -0.4 is 5.32 Å². The van der Waals surface area contributed by atoms with Crippen molar-refractivity contribution in [3.8, 4) is 0 Å². The van der Waals surface area contributed by atoms with Gasteiger partial charge < -0.3 is 5.32 Å². The third-order valence-electron chi connectivity index (χ3n) is 4.16. The molecule has 2 fully saturated rings. The summed E-state index contributed by atoms with van der Waals surface area (Å²) >= 11 is 5.12. The van der Waals surface area contributed by atoms with Crippen LogP contribution in [0.25, 0.3) is 0 Å². The first-order valence-corrected chi connectivity index (χ1v) is 7.78. The molecule has 1 aliphatic carbocycles. The maximum atomic E-state index is 12.2. The van der Waals surface area contributed by atoms with Gasteiger partial charge in [0.15, 0.2) is 0 Å². The minimum atomic E-state index is 0.352. The Morgan fingerprint density at radius 3 is 2.88 bits per heavy atom. The number of ketones is 1. The topological polar surface area (TPSA) is 29.1 Å². The fraction of sp³-hybridized carbons (Fsp3) is 0.615. The van der Waals surface area contributed by atoms with Crippen LogP contribution >= 0.6 is 27.3 Å². The maximum Gasteiger partial charge on any atom is 0.141 e. The molecule has 1 atom stereocenters. The molecule has 0 amide bonds. The third-order valence-corrected chi connectivity index (χ3v) is 5.78. The molecular weight excluding hydrogens is 298 g/mol. The van der Waals surface area contributed by atoms with Crippen molar-refractivity contribution in [3.63, 3.8) is 0 Å². The van der Waals surface area contributed by atoms with E-state index >= 15 is 0 Å². The van der Waals surface area contributed by atoms with Gasteiger partial charge in [0.05, 0.1) is 3.79 Å². The molecule has 2 nitrogen and oxygen atoms in total. The van der Waals surface area contributed by atoms with E-state index in [0.717, 1.165) is 23.3 Å². The summed E-state index contributed by atoms with van der Waals surface area (Å²) in [6.45, 7) is 2.18. The van der Waals surface area contributed by atoms with Crippen LogP contribution in [0.1, 0.15) is 24.1 Å². The summed E-state index contributed by atoms with van der Waals surface area (Å²) in [5.41, 5.74) is 0.386. The Morgan fingerprint density at radius 1 is 1.47 bits per heavy atom. The fourth-order valence-corrected chi connectivity index (χ4v) is 4.51. The van der Waals surface area contributed by atoms with Gasteiger partial charge in [0.25, 0.3) is 0 Å². The van der Waals surface area contributed by atoms with E-state index in [2.05, 4.69) is 27.3 Å². The normalized spacial score (nSPS) is 26.1. The van der Waals surface area contributed by atoms with Crippen molar-refractivity contribution in [1.82, 2.24) is 5.32 Å². The number of piperidine rings is 1. The van der Waals surface area contributed by atoms with Crippen molar-refractivity contribution in [2.24, 2.45) is 11.3 Å². The van der Waals surface area contributed by atoms with E-state index in [1.807, 2.05) is 6.07 Å². The highest BCUT2D eigenvalue weighted by Crippen LogP contribution is 2.59. The zero-order valence-electron chi connectivity index (χ0n) is 9.67. The summed E-state index contributed by atoms with van der Waals surface area (Å²) in [6, 6.07) is 4.09. The average molecular weight is 314 g/mol. The number of carbonyl (C=O) groups excluding carboxylic acids is 1. The minimum absolute atomic E-state index is 0.352.